The molecule has 0 N–H and O–H groups in total. The van der Waals surface area contributed by atoms with Crippen molar-refractivity contribution in [1.82, 2.24) is 9.80 Å². The molecule has 0 bridgehead atoms. The van der Waals surface area contributed by atoms with Crippen LogP contribution in [0.1, 0.15) is 6.92 Å². The minimum Gasteiger partial charge on any atom is -0.335 e. The van der Waals surface area contributed by atoms with Crippen molar-refractivity contribution in [2.75, 3.05) is 32.0 Å². The number of piperazine rings is 1. The summed E-state index contributed by atoms with van der Waals surface area (Å²) in [5.41, 5.74) is 0. The summed E-state index contributed by atoms with van der Waals surface area (Å²) in [5.74, 6) is 0.446. The lowest BCUT2D eigenvalue weighted by Crippen LogP contribution is -2.53. The number of carbonyl (C=O) groups is 2. The molecular weight excluding hydrogens is 248 g/mol. The van der Waals surface area contributed by atoms with E-state index >= 15 is 0 Å². The molecule has 0 aromatic carbocycles. The Morgan fingerprint density at radius 3 is 2.57 bits per heavy atom. The van der Waals surface area contributed by atoms with Crippen molar-refractivity contribution in [2.45, 2.75) is 6.92 Å². The molecule has 1 atom stereocenters. The van der Waals surface area contributed by atoms with Gasteiger partial charge in [-0.25, -0.2) is 0 Å². The molecule has 0 spiro atoms. The van der Waals surface area contributed by atoms with Crippen molar-refractivity contribution in [1.29, 1.82) is 0 Å². The highest BCUT2D eigenvalue weighted by Gasteiger charge is 2.27. The van der Waals surface area contributed by atoms with Gasteiger partial charge in [-0.1, -0.05) is 22.9 Å². The standard InChI is InChI=1S/C9H15BrN2O2/c1-7(3-10)4-12-6-8(13)11(2)5-9(12)14/h7H,3-6H2,1-2H3. The zero-order valence-corrected chi connectivity index (χ0v) is 10.1. The predicted octanol–water partition coefficient (Wildman–Crippen LogP) is 0.318. The highest BCUT2D eigenvalue weighted by atomic mass is 79.9. The van der Waals surface area contributed by atoms with E-state index in [2.05, 4.69) is 15.9 Å². The molecule has 2 amide bonds. The Balaban J connectivity index is 2.53. The van der Waals surface area contributed by atoms with Crippen LogP contribution in [0, 0.1) is 5.92 Å². The average Bonchev–Trinajstić information content (AvgIpc) is 2.14. The van der Waals surface area contributed by atoms with Gasteiger partial charge >= 0.3 is 0 Å². The molecule has 0 aromatic rings. The van der Waals surface area contributed by atoms with Crippen LogP contribution >= 0.6 is 15.9 Å². The number of rotatable bonds is 3. The number of halogens is 1. The Morgan fingerprint density at radius 1 is 1.36 bits per heavy atom. The third kappa shape index (κ3) is 2.70. The summed E-state index contributed by atoms with van der Waals surface area (Å²) in [5, 5.41) is 0.848. The average molecular weight is 263 g/mol. The smallest absolute Gasteiger partial charge is 0.242 e. The van der Waals surface area contributed by atoms with E-state index in [-0.39, 0.29) is 24.9 Å². The van der Waals surface area contributed by atoms with Crippen molar-refractivity contribution in [3.8, 4) is 0 Å². The summed E-state index contributed by atoms with van der Waals surface area (Å²) < 4.78 is 0. The molecular formula is C9H15BrN2O2. The van der Waals surface area contributed by atoms with E-state index in [9.17, 15) is 9.59 Å². The van der Waals surface area contributed by atoms with Crippen LogP contribution in [0.15, 0.2) is 0 Å². The van der Waals surface area contributed by atoms with Crippen molar-refractivity contribution >= 4 is 27.7 Å². The molecule has 0 radical (unpaired) electrons. The topological polar surface area (TPSA) is 40.6 Å². The molecule has 1 rings (SSSR count). The lowest BCUT2D eigenvalue weighted by molar-refractivity contribution is -0.149. The molecule has 0 saturated carbocycles. The Morgan fingerprint density at radius 2 is 2.00 bits per heavy atom. The second kappa shape index (κ2) is 4.77. The first-order chi connectivity index (χ1) is 6.54. The Kier molecular flexibility index (Phi) is 3.92. The van der Waals surface area contributed by atoms with Crippen LogP contribution in [-0.4, -0.2) is 53.6 Å². The molecule has 80 valence electrons. The molecule has 1 aliphatic heterocycles. The minimum atomic E-state index is 0.0198. The normalized spacial score (nSPS) is 20.2. The van der Waals surface area contributed by atoms with Crippen molar-refractivity contribution < 1.29 is 9.59 Å². The van der Waals surface area contributed by atoms with Gasteiger partial charge in [0.2, 0.25) is 11.8 Å². The number of amides is 2. The van der Waals surface area contributed by atoms with E-state index in [1.807, 2.05) is 6.92 Å². The summed E-state index contributed by atoms with van der Waals surface area (Å²) in [6.45, 7) is 3.15. The van der Waals surface area contributed by atoms with Crippen molar-refractivity contribution in [3.63, 3.8) is 0 Å². The third-order valence-corrected chi connectivity index (χ3v) is 3.38. The minimum absolute atomic E-state index is 0.0198. The molecule has 1 aliphatic rings. The monoisotopic (exact) mass is 262 g/mol. The van der Waals surface area contributed by atoms with Crippen molar-refractivity contribution in [3.05, 3.63) is 0 Å². The van der Waals surface area contributed by atoms with Gasteiger partial charge < -0.3 is 9.80 Å². The quantitative estimate of drug-likeness (QED) is 0.688. The largest absolute Gasteiger partial charge is 0.335 e. The molecule has 1 saturated heterocycles. The maximum absolute atomic E-state index is 11.5. The number of hydrogen-bond donors (Lipinski definition) is 0. The number of likely N-dealkylation sites (N-methyl/N-ethyl adjacent to an activating group) is 1. The highest BCUT2D eigenvalue weighted by molar-refractivity contribution is 9.09. The second-order valence-electron chi connectivity index (χ2n) is 3.78. The first-order valence-corrected chi connectivity index (χ1v) is 5.74. The maximum atomic E-state index is 11.5. The van der Waals surface area contributed by atoms with Gasteiger partial charge in [-0.2, -0.15) is 0 Å². The summed E-state index contributed by atoms with van der Waals surface area (Å²) in [4.78, 5) is 26.0. The molecule has 1 fully saturated rings. The highest BCUT2D eigenvalue weighted by Crippen LogP contribution is 2.08. The first kappa shape index (κ1) is 11.5. The van der Waals surface area contributed by atoms with Gasteiger partial charge in [0.1, 0.15) is 0 Å². The van der Waals surface area contributed by atoms with Gasteiger partial charge in [-0.05, 0) is 5.92 Å². The summed E-state index contributed by atoms with van der Waals surface area (Å²) in [6.07, 6.45) is 0. The Hall–Kier alpha value is -0.580. The molecule has 0 aliphatic carbocycles. The van der Waals surface area contributed by atoms with Crippen LogP contribution in [0.4, 0.5) is 0 Å². The number of alkyl halides is 1. The van der Waals surface area contributed by atoms with Gasteiger partial charge in [0.25, 0.3) is 0 Å². The van der Waals surface area contributed by atoms with Crippen LogP contribution in [0.2, 0.25) is 0 Å². The van der Waals surface area contributed by atoms with Gasteiger partial charge in [0, 0.05) is 18.9 Å². The number of nitrogens with zero attached hydrogens (tertiary/aromatic N) is 2. The van der Waals surface area contributed by atoms with Gasteiger partial charge in [0.15, 0.2) is 0 Å². The summed E-state index contributed by atoms with van der Waals surface area (Å²) >= 11 is 3.36. The van der Waals surface area contributed by atoms with E-state index in [0.29, 0.717) is 12.5 Å². The molecule has 1 heterocycles. The van der Waals surface area contributed by atoms with E-state index < -0.39 is 0 Å². The summed E-state index contributed by atoms with van der Waals surface area (Å²) in [7, 11) is 1.66. The van der Waals surface area contributed by atoms with Gasteiger partial charge in [0.05, 0.1) is 13.1 Å². The molecule has 5 heteroatoms. The lowest BCUT2D eigenvalue weighted by Gasteiger charge is -2.32. The fourth-order valence-corrected chi connectivity index (χ4v) is 1.56. The van der Waals surface area contributed by atoms with Crippen LogP contribution in [0.25, 0.3) is 0 Å². The zero-order valence-electron chi connectivity index (χ0n) is 8.49. The second-order valence-corrected chi connectivity index (χ2v) is 4.43. The van der Waals surface area contributed by atoms with E-state index in [1.54, 1.807) is 11.9 Å². The van der Waals surface area contributed by atoms with E-state index in [0.717, 1.165) is 5.33 Å². The van der Waals surface area contributed by atoms with Crippen LogP contribution in [0.3, 0.4) is 0 Å². The fraction of sp³-hybridized carbons (Fsp3) is 0.778. The van der Waals surface area contributed by atoms with E-state index in [4.69, 9.17) is 0 Å². The molecule has 14 heavy (non-hydrogen) atoms. The summed E-state index contributed by atoms with van der Waals surface area (Å²) in [6, 6.07) is 0. The SMILES string of the molecule is CC(CBr)CN1CC(=O)N(C)CC1=O. The Bertz CT molecular complexity index is 245. The molecule has 4 nitrogen and oxygen atoms in total. The first-order valence-electron chi connectivity index (χ1n) is 4.62. The maximum Gasteiger partial charge on any atom is 0.242 e. The van der Waals surface area contributed by atoms with Gasteiger partial charge in [-0.3, -0.25) is 9.59 Å². The molecule has 1 unspecified atom stereocenters. The lowest BCUT2D eigenvalue weighted by atomic mass is 10.2. The Labute approximate surface area is 92.4 Å². The number of carbonyl (C=O) groups excluding carboxylic acids is 2. The van der Waals surface area contributed by atoms with Crippen molar-refractivity contribution in [2.24, 2.45) is 5.92 Å². The van der Waals surface area contributed by atoms with E-state index in [1.165, 1.54) is 4.90 Å². The fourth-order valence-electron chi connectivity index (χ4n) is 1.35. The third-order valence-electron chi connectivity index (χ3n) is 2.27. The molecule has 0 aromatic heterocycles. The van der Waals surface area contributed by atoms with Crippen LogP contribution < -0.4 is 0 Å². The zero-order chi connectivity index (χ0) is 10.7. The van der Waals surface area contributed by atoms with Crippen LogP contribution in [0.5, 0.6) is 0 Å². The number of hydrogen-bond acceptors (Lipinski definition) is 2. The predicted molar refractivity (Wildman–Crippen MR) is 57.2 cm³/mol. The van der Waals surface area contributed by atoms with Gasteiger partial charge in [-0.15, -0.1) is 0 Å². The van der Waals surface area contributed by atoms with Crippen LogP contribution in [-0.2, 0) is 9.59 Å².